The minimum atomic E-state index is -5.80. The summed E-state index contributed by atoms with van der Waals surface area (Å²) in [5.74, 6) is -3.68. The Balaban J connectivity index is 1.67. The van der Waals surface area contributed by atoms with Crippen LogP contribution in [-0.4, -0.2) is 77.0 Å². The Kier molecular flexibility index (Phi) is 7.74. The van der Waals surface area contributed by atoms with E-state index in [4.69, 9.17) is 37.6 Å². The largest absolute Gasteiger partial charge is 0.478 e. The summed E-state index contributed by atoms with van der Waals surface area (Å²) in [5.41, 5.74) is -2.36. The summed E-state index contributed by atoms with van der Waals surface area (Å²) in [6.07, 6.45) is 1.47. The van der Waals surface area contributed by atoms with Gasteiger partial charge in [0.25, 0.3) is 0 Å². The maximum absolute atomic E-state index is 13.7. The number of esters is 2. The van der Waals surface area contributed by atoms with Gasteiger partial charge < -0.3 is 14.6 Å². The highest BCUT2D eigenvalue weighted by Crippen LogP contribution is 2.63. The van der Waals surface area contributed by atoms with Crippen molar-refractivity contribution < 1.29 is 50.7 Å². The lowest BCUT2D eigenvalue weighted by Crippen LogP contribution is -2.60. The summed E-state index contributed by atoms with van der Waals surface area (Å²) in [4.78, 5) is 38.9. The molecule has 0 spiro atoms. The molecule has 1 aromatic rings. The average molecular weight is 560 g/mol. The third-order valence-electron chi connectivity index (χ3n) is 8.17. The molecule has 15 heteroatoms. The molecular weight excluding hydrogens is 535 g/mol. The number of hydrogen-bond donors (Lipinski definition) is 2. The highest BCUT2D eigenvalue weighted by atomic mass is 32.2. The van der Waals surface area contributed by atoms with Crippen molar-refractivity contribution in [2.75, 3.05) is 6.61 Å². The van der Waals surface area contributed by atoms with Gasteiger partial charge in [-0.3, -0.25) is 9.35 Å². The molecule has 6 radical (unpaired) electrons. The Morgan fingerprint density at radius 3 is 2.08 bits per heavy atom. The zero-order valence-electron chi connectivity index (χ0n) is 21.0. The first kappa shape index (κ1) is 29.6. The van der Waals surface area contributed by atoms with E-state index in [2.05, 4.69) is 0 Å². The van der Waals surface area contributed by atoms with E-state index in [0.29, 0.717) is 24.8 Å². The SMILES string of the molecule is [B]Cc1cc(C[B])c(C(=O)O)c(C(=O)OC23CC4CC(C2)CC(C(=O)OCC(F)(F)S(=O)(=O)O)(C4)C3)c1C[B]. The molecule has 39 heavy (non-hydrogen) atoms. The lowest BCUT2D eigenvalue weighted by atomic mass is 9.48. The quantitative estimate of drug-likeness (QED) is 0.249. The number of carboxylic acids is 1. The van der Waals surface area contributed by atoms with Crippen LogP contribution in [0.1, 0.15) is 75.9 Å². The van der Waals surface area contributed by atoms with Gasteiger partial charge in [0, 0.05) is 6.42 Å². The Bertz CT molecular complexity index is 1300. The molecule has 5 rings (SSSR count). The van der Waals surface area contributed by atoms with E-state index >= 15 is 0 Å². The highest BCUT2D eigenvalue weighted by molar-refractivity contribution is 7.86. The van der Waals surface area contributed by atoms with E-state index in [1.807, 2.05) is 0 Å². The van der Waals surface area contributed by atoms with Crippen LogP contribution in [0.4, 0.5) is 8.78 Å². The predicted octanol–water partition coefficient (Wildman–Crippen LogP) is 1.91. The van der Waals surface area contributed by atoms with Crippen LogP contribution in [0.3, 0.4) is 0 Å². The maximum atomic E-state index is 13.7. The maximum Gasteiger partial charge on any atom is 0.402 e. The summed E-state index contributed by atoms with van der Waals surface area (Å²) < 4.78 is 68.8. The normalized spacial score (nSPS) is 27.8. The minimum absolute atomic E-state index is 0.0435. The van der Waals surface area contributed by atoms with E-state index in [9.17, 15) is 36.7 Å². The summed E-state index contributed by atoms with van der Waals surface area (Å²) in [6, 6.07) is 1.49. The van der Waals surface area contributed by atoms with Gasteiger partial charge in [-0.05, 0) is 55.1 Å². The monoisotopic (exact) mass is 560 g/mol. The second-order valence-corrected chi connectivity index (χ2v) is 12.4. The van der Waals surface area contributed by atoms with Gasteiger partial charge in [0.05, 0.1) is 40.1 Å². The topological polar surface area (TPSA) is 144 Å². The molecule has 2 N–H and O–H groups in total. The first-order chi connectivity index (χ1) is 18.1. The lowest BCUT2D eigenvalue weighted by molar-refractivity contribution is -0.200. The Morgan fingerprint density at radius 1 is 1.00 bits per heavy atom. The molecule has 9 nitrogen and oxygen atoms in total. The standard InChI is InChI=1S/C24H25B3F2O9S/c25-7-14-2-15(8-26)17(19(30)31)18(16(14)9-27)20(32)38-23-5-12-1-13(6-23)4-22(3-12,10-23)21(33)37-11-24(28,29)39(34,35)36/h2,12-13H,1,3-11H2,(H,30,31)(H,34,35,36). The summed E-state index contributed by atoms with van der Waals surface area (Å²) in [7, 11) is 11.6. The molecular formula is C24H25B3F2O9S. The number of carbonyl (C=O) groups is 3. The summed E-state index contributed by atoms with van der Waals surface area (Å²) in [5, 5.41) is 5.23. The molecule has 204 valence electrons. The third-order valence-corrected chi connectivity index (χ3v) is 9.04. The number of carboxylic acid groups (broad SMARTS) is 1. The Labute approximate surface area is 228 Å². The van der Waals surface area contributed by atoms with Crippen LogP contribution in [0, 0.1) is 17.3 Å². The molecule has 0 amide bonds. The fraction of sp³-hybridized carbons (Fsp3) is 0.625. The minimum Gasteiger partial charge on any atom is -0.478 e. The molecule has 0 saturated heterocycles. The number of halogens is 2. The molecule has 0 aromatic heterocycles. The van der Waals surface area contributed by atoms with Crippen LogP contribution >= 0.6 is 0 Å². The molecule has 0 heterocycles. The van der Waals surface area contributed by atoms with Crippen LogP contribution in [0.2, 0.25) is 0 Å². The second kappa shape index (κ2) is 10.2. The van der Waals surface area contributed by atoms with Crippen LogP contribution in [0.25, 0.3) is 0 Å². The molecule has 0 aliphatic heterocycles. The van der Waals surface area contributed by atoms with Crippen LogP contribution in [-0.2, 0) is 43.3 Å². The number of alkyl halides is 2. The fourth-order valence-electron chi connectivity index (χ4n) is 7.05. The van der Waals surface area contributed by atoms with Gasteiger partial charge in [0.2, 0.25) is 0 Å². The molecule has 4 bridgehead atoms. The van der Waals surface area contributed by atoms with Crippen molar-refractivity contribution >= 4 is 51.6 Å². The van der Waals surface area contributed by atoms with Gasteiger partial charge in [-0.25, -0.2) is 9.59 Å². The number of benzene rings is 1. The summed E-state index contributed by atoms with van der Waals surface area (Å²) in [6.45, 7) is -1.86. The molecule has 1 aromatic carbocycles. The molecule has 4 aliphatic carbocycles. The molecule has 4 aliphatic rings. The number of ether oxygens (including phenoxy) is 2. The van der Waals surface area contributed by atoms with E-state index in [0.717, 1.165) is 0 Å². The average Bonchev–Trinajstić information content (AvgIpc) is 2.83. The van der Waals surface area contributed by atoms with Gasteiger partial charge in [0.1, 0.15) is 5.60 Å². The van der Waals surface area contributed by atoms with Gasteiger partial charge in [0.15, 0.2) is 6.61 Å². The molecule has 4 saturated carbocycles. The first-order valence-electron chi connectivity index (χ1n) is 12.4. The molecule has 2 atom stereocenters. The van der Waals surface area contributed by atoms with Gasteiger partial charge >= 0.3 is 33.3 Å². The number of hydrogen-bond acceptors (Lipinski definition) is 7. The number of carbonyl (C=O) groups excluding carboxylic acids is 2. The fourth-order valence-corrected chi connectivity index (χ4v) is 7.26. The van der Waals surface area contributed by atoms with Gasteiger partial charge in [-0.2, -0.15) is 17.2 Å². The van der Waals surface area contributed by atoms with Crippen molar-refractivity contribution in [1.82, 2.24) is 0 Å². The lowest BCUT2D eigenvalue weighted by Gasteiger charge is -2.59. The molecule has 4 fully saturated rings. The van der Waals surface area contributed by atoms with Crippen molar-refractivity contribution in [2.45, 2.75) is 68.3 Å². The summed E-state index contributed by atoms with van der Waals surface area (Å²) >= 11 is 0. The Hall–Kier alpha value is -2.41. The van der Waals surface area contributed by atoms with Crippen molar-refractivity contribution in [1.29, 1.82) is 0 Å². The van der Waals surface area contributed by atoms with E-state index in [1.165, 1.54) is 6.07 Å². The van der Waals surface area contributed by atoms with E-state index in [-0.39, 0.29) is 72.3 Å². The second-order valence-electron chi connectivity index (χ2n) is 10.8. The van der Waals surface area contributed by atoms with E-state index in [1.54, 1.807) is 0 Å². The highest BCUT2D eigenvalue weighted by Gasteiger charge is 2.63. The smallest absolute Gasteiger partial charge is 0.402 e. The zero-order chi connectivity index (χ0) is 29.0. The Morgan fingerprint density at radius 2 is 1.59 bits per heavy atom. The van der Waals surface area contributed by atoms with Gasteiger partial charge in [-0.15, -0.1) is 0 Å². The zero-order valence-corrected chi connectivity index (χ0v) is 21.8. The predicted molar refractivity (Wildman–Crippen MR) is 134 cm³/mol. The van der Waals surface area contributed by atoms with Crippen LogP contribution in [0.15, 0.2) is 6.07 Å². The third kappa shape index (κ3) is 5.24. The van der Waals surface area contributed by atoms with Crippen molar-refractivity contribution in [3.8, 4) is 0 Å². The van der Waals surface area contributed by atoms with Crippen molar-refractivity contribution in [3.05, 3.63) is 33.9 Å². The van der Waals surface area contributed by atoms with E-state index < -0.39 is 50.9 Å². The van der Waals surface area contributed by atoms with Crippen LogP contribution < -0.4 is 0 Å². The number of rotatable bonds is 10. The van der Waals surface area contributed by atoms with Crippen molar-refractivity contribution in [2.24, 2.45) is 17.3 Å². The van der Waals surface area contributed by atoms with Gasteiger partial charge in [-0.1, -0.05) is 30.6 Å². The molecule has 2 unspecified atom stereocenters. The number of aromatic carboxylic acids is 1. The van der Waals surface area contributed by atoms with Crippen LogP contribution in [0.5, 0.6) is 0 Å². The van der Waals surface area contributed by atoms with Crippen molar-refractivity contribution in [3.63, 3.8) is 0 Å². The first-order valence-corrected chi connectivity index (χ1v) is 13.8.